The van der Waals surface area contributed by atoms with Crippen LogP contribution in [0.3, 0.4) is 0 Å². The number of piperidine rings is 1. The maximum atomic E-state index is 12.6. The van der Waals surface area contributed by atoms with Crippen molar-refractivity contribution in [2.45, 2.75) is 37.8 Å². The molecule has 0 bridgehead atoms. The summed E-state index contributed by atoms with van der Waals surface area (Å²) >= 11 is 12.1. The van der Waals surface area contributed by atoms with E-state index in [-0.39, 0.29) is 6.03 Å². The highest BCUT2D eigenvalue weighted by atomic mass is 35.5. The average Bonchev–Trinajstić information content (AvgIpc) is 3.24. The number of amides is 2. The number of nitrogens with zero attached hydrogens (tertiary/aromatic N) is 2. The Labute approximate surface area is 182 Å². The van der Waals surface area contributed by atoms with Gasteiger partial charge in [-0.15, -0.1) is 0 Å². The minimum Gasteiger partial charge on any atom is -0.334 e. The Kier molecular flexibility index (Phi) is 6.63. The van der Waals surface area contributed by atoms with Gasteiger partial charge in [0, 0.05) is 35.7 Å². The standard InChI is InChI=1S/C23H27Cl2N3O/c24-20-7-6-19(22(25)14-20)15-26-23(29)28-13-10-21(16-28)27-11-8-18(9-12-27)17-4-2-1-3-5-17/h1-7,14,18,21H,8-13,15-16H2,(H,26,29). The van der Waals surface area contributed by atoms with Gasteiger partial charge in [-0.2, -0.15) is 0 Å². The van der Waals surface area contributed by atoms with Gasteiger partial charge < -0.3 is 10.2 Å². The molecule has 4 nitrogen and oxygen atoms in total. The van der Waals surface area contributed by atoms with Crippen molar-refractivity contribution in [2.75, 3.05) is 26.2 Å². The minimum absolute atomic E-state index is 0.0160. The van der Waals surface area contributed by atoms with Crippen LogP contribution in [0.5, 0.6) is 0 Å². The van der Waals surface area contributed by atoms with E-state index in [1.165, 1.54) is 18.4 Å². The number of urea groups is 1. The molecule has 2 aliphatic heterocycles. The summed E-state index contributed by atoms with van der Waals surface area (Å²) in [6.07, 6.45) is 3.44. The fraction of sp³-hybridized carbons (Fsp3) is 0.435. The molecule has 2 aromatic rings. The highest BCUT2D eigenvalue weighted by Crippen LogP contribution is 2.30. The Morgan fingerprint density at radius 2 is 1.76 bits per heavy atom. The molecule has 2 fully saturated rings. The van der Waals surface area contributed by atoms with E-state index < -0.39 is 0 Å². The van der Waals surface area contributed by atoms with E-state index in [1.54, 1.807) is 12.1 Å². The topological polar surface area (TPSA) is 35.6 Å². The van der Waals surface area contributed by atoms with Crippen LogP contribution in [0, 0.1) is 0 Å². The second-order valence-corrected chi connectivity index (χ2v) is 8.85. The van der Waals surface area contributed by atoms with Crippen molar-refractivity contribution >= 4 is 29.2 Å². The van der Waals surface area contributed by atoms with Crippen LogP contribution in [0.4, 0.5) is 4.79 Å². The van der Waals surface area contributed by atoms with E-state index >= 15 is 0 Å². The Hall–Kier alpha value is -1.75. The first-order chi connectivity index (χ1) is 14.1. The van der Waals surface area contributed by atoms with Gasteiger partial charge in [-0.3, -0.25) is 4.90 Å². The molecule has 4 rings (SSSR count). The van der Waals surface area contributed by atoms with Crippen molar-refractivity contribution in [2.24, 2.45) is 0 Å². The molecule has 1 N–H and O–H groups in total. The number of hydrogen-bond acceptors (Lipinski definition) is 2. The zero-order valence-corrected chi connectivity index (χ0v) is 18.0. The van der Waals surface area contributed by atoms with Crippen LogP contribution >= 0.6 is 23.2 Å². The molecule has 0 spiro atoms. The Morgan fingerprint density at radius 1 is 1.00 bits per heavy atom. The maximum absolute atomic E-state index is 12.6. The van der Waals surface area contributed by atoms with Crippen LogP contribution in [0.25, 0.3) is 0 Å². The number of hydrogen-bond donors (Lipinski definition) is 1. The molecule has 2 heterocycles. The second kappa shape index (κ2) is 9.38. The van der Waals surface area contributed by atoms with Gasteiger partial charge in [-0.25, -0.2) is 4.79 Å². The molecule has 1 unspecified atom stereocenters. The first-order valence-corrected chi connectivity index (χ1v) is 11.1. The highest BCUT2D eigenvalue weighted by molar-refractivity contribution is 6.35. The van der Waals surface area contributed by atoms with E-state index in [2.05, 4.69) is 40.5 Å². The van der Waals surface area contributed by atoms with Crippen molar-refractivity contribution in [3.63, 3.8) is 0 Å². The summed E-state index contributed by atoms with van der Waals surface area (Å²) < 4.78 is 0. The van der Waals surface area contributed by atoms with Gasteiger partial charge in [0.05, 0.1) is 0 Å². The van der Waals surface area contributed by atoms with Crippen LogP contribution in [-0.2, 0) is 6.54 Å². The predicted octanol–water partition coefficient (Wildman–Crippen LogP) is 5.16. The number of carbonyl (C=O) groups excluding carboxylic acids is 1. The third-order valence-corrected chi connectivity index (χ3v) is 6.80. The monoisotopic (exact) mass is 431 g/mol. The van der Waals surface area contributed by atoms with Gasteiger partial charge in [0.2, 0.25) is 0 Å². The molecule has 154 valence electrons. The van der Waals surface area contributed by atoms with Gasteiger partial charge >= 0.3 is 6.03 Å². The molecular weight excluding hydrogens is 405 g/mol. The molecule has 6 heteroatoms. The Bertz CT molecular complexity index is 837. The van der Waals surface area contributed by atoms with Crippen LogP contribution in [0.2, 0.25) is 10.0 Å². The van der Waals surface area contributed by atoms with Crippen molar-refractivity contribution in [1.29, 1.82) is 0 Å². The number of likely N-dealkylation sites (tertiary alicyclic amines) is 2. The number of nitrogens with one attached hydrogen (secondary N) is 1. The molecular formula is C23H27Cl2N3O. The van der Waals surface area contributed by atoms with Crippen molar-refractivity contribution in [3.05, 3.63) is 69.7 Å². The number of carbonyl (C=O) groups is 1. The summed E-state index contributed by atoms with van der Waals surface area (Å²) in [7, 11) is 0. The summed E-state index contributed by atoms with van der Waals surface area (Å²) in [5.41, 5.74) is 2.34. The van der Waals surface area contributed by atoms with E-state index in [4.69, 9.17) is 23.2 Å². The molecule has 1 atom stereocenters. The molecule has 0 aromatic heterocycles. The van der Waals surface area contributed by atoms with E-state index in [9.17, 15) is 4.79 Å². The third kappa shape index (κ3) is 5.06. The zero-order chi connectivity index (χ0) is 20.2. The molecule has 0 radical (unpaired) electrons. The summed E-state index contributed by atoms with van der Waals surface area (Å²) in [6, 6.07) is 16.6. The Balaban J connectivity index is 1.24. The van der Waals surface area contributed by atoms with Crippen LogP contribution in [-0.4, -0.2) is 48.1 Å². The van der Waals surface area contributed by atoms with E-state index in [0.29, 0.717) is 28.5 Å². The molecule has 0 aliphatic carbocycles. The molecule has 0 saturated carbocycles. The van der Waals surface area contributed by atoms with Crippen molar-refractivity contribution in [1.82, 2.24) is 15.1 Å². The van der Waals surface area contributed by atoms with Gasteiger partial charge in [-0.05, 0) is 61.5 Å². The minimum atomic E-state index is -0.0160. The van der Waals surface area contributed by atoms with Gasteiger partial charge in [0.1, 0.15) is 0 Å². The summed E-state index contributed by atoms with van der Waals surface area (Å²) in [6.45, 7) is 4.25. The van der Waals surface area contributed by atoms with Crippen molar-refractivity contribution < 1.29 is 4.79 Å². The smallest absolute Gasteiger partial charge is 0.317 e. The van der Waals surface area contributed by atoms with E-state index in [1.807, 2.05) is 11.0 Å². The highest BCUT2D eigenvalue weighted by Gasteiger charge is 2.32. The van der Waals surface area contributed by atoms with Crippen molar-refractivity contribution in [3.8, 4) is 0 Å². The van der Waals surface area contributed by atoms with Crippen LogP contribution in [0.15, 0.2) is 48.5 Å². The van der Waals surface area contributed by atoms with Gasteiger partial charge in [0.25, 0.3) is 0 Å². The van der Waals surface area contributed by atoms with Gasteiger partial charge in [0.15, 0.2) is 0 Å². The summed E-state index contributed by atoms with van der Waals surface area (Å²) in [5, 5.41) is 4.18. The average molecular weight is 432 g/mol. The Morgan fingerprint density at radius 3 is 2.48 bits per heavy atom. The molecule has 2 aromatic carbocycles. The fourth-order valence-electron chi connectivity index (χ4n) is 4.50. The van der Waals surface area contributed by atoms with E-state index in [0.717, 1.165) is 38.2 Å². The lowest BCUT2D eigenvalue weighted by Crippen LogP contribution is -2.44. The quantitative estimate of drug-likeness (QED) is 0.725. The molecule has 2 aliphatic rings. The third-order valence-electron chi connectivity index (χ3n) is 6.21. The predicted molar refractivity (Wildman–Crippen MR) is 119 cm³/mol. The molecule has 2 amide bonds. The lowest BCUT2D eigenvalue weighted by molar-refractivity contribution is 0.151. The number of rotatable bonds is 4. The molecule has 2 saturated heterocycles. The largest absolute Gasteiger partial charge is 0.334 e. The summed E-state index contributed by atoms with van der Waals surface area (Å²) in [4.78, 5) is 17.1. The first kappa shape index (κ1) is 20.5. The fourth-order valence-corrected chi connectivity index (χ4v) is 4.97. The van der Waals surface area contributed by atoms with Crippen LogP contribution < -0.4 is 5.32 Å². The summed E-state index contributed by atoms with van der Waals surface area (Å²) in [5.74, 6) is 0.664. The maximum Gasteiger partial charge on any atom is 0.317 e. The number of halogens is 2. The lowest BCUT2D eigenvalue weighted by Gasteiger charge is -2.36. The number of benzene rings is 2. The second-order valence-electron chi connectivity index (χ2n) is 8.00. The first-order valence-electron chi connectivity index (χ1n) is 10.4. The normalized spacial score (nSPS) is 20.8. The van der Waals surface area contributed by atoms with Gasteiger partial charge in [-0.1, -0.05) is 59.6 Å². The SMILES string of the molecule is O=C(NCc1ccc(Cl)cc1Cl)N1CCC(N2CCC(c3ccccc3)CC2)C1. The molecule has 29 heavy (non-hydrogen) atoms. The zero-order valence-electron chi connectivity index (χ0n) is 16.5. The lowest BCUT2D eigenvalue weighted by atomic mass is 9.89. The van der Waals surface area contributed by atoms with Crippen LogP contribution in [0.1, 0.15) is 36.3 Å².